The van der Waals surface area contributed by atoms with E-state index in [9.17, 15) is 9.59 Å². The quantitative estimate of drug-likeness (QED) is 0.415. The standard InChI is InChI=1S/C8H8O3.C7H6O5/c1-11-8(10)6-2-4-7(9)5-3-6;8-4-1-3(7(11)12)2-5(9)6(4)10/h2-5,9H,1H3;1-2,8-10H,(H,11,12). The predicted octanol–water partition coefficient (Wildman–Crippen LogP) is 1.68. The van der Waals surface area contributed by atoms with E-state index in [2.05, 4.69) is 4.74 Å². The largest absolute Gasteiger partial charge is 0.508 e. The second kappa shape index (κ2) is 7.55. The molecule has 0 amide bonds. The molecule has 0 radical (unpaired) electrons. The third-order valence-corrected chi connectivity index (χ3v) is 2.61. The summed E-state index contributed by atoms with van der Waals surface area (Å²) in [6, 6.07) is 7.57. The number of hydrogen-bond acceptors (Lipinski definition) is 7. The highest BCUT2D eigenvalue weighted by Gasteiger charge is 2.11. The lowest BCUT2D eigenvalue weighted by Crippen LogP contribution is -1.99. The molecule has 2 rings (SSSR count). The van der Waals surface area contributed by atoms with Gasteiger partial charge in [-0.3, -0.25) is 0 Å². The van der Waals surface area contributed by atoms with E-state index in [-0.39, 0.29) is 11.3 Å². The SMILES string of the molecule is COC(=O)c1ccc(O)cc1.O=C(O)c1cc(O)c(O)c(O)c1. The van der Waals surface area contributed by atoms with Gasteiger partial charge >= 0.3 is 11.9 Å². The van der Waals surface area contributed by atoms with Crippen LogP contribution in [-0.2, 0) is 4.74 Å². The van der Waals surface area contributed by atoms with Crippen LogP contribution in [0.5, 0.6) is 23.0 Å². The fourth-order valence-electron chi connectivity index (χ4n) is 1.44. The first-order chi connectivity index (χ1) is 10.8. The van der Waals surface area contributed by atoms with Gasteiger partial charge in [-0.1, -0.05) is 0 Å². The number of phenolic OH excluding ortho intramolecular Hbond substituents is 4. The highest BCUT2D eigenvalue weighted by atomic mass is 16.5. The van der Waals surface area contributed by atoms with E-state index in [4.69, 9.17) is 25.5 Å². The van der Waals surface area contributed by atoms with Gasteiger partial charge in [0.1, 0.15) is 5.75 Å². The van der Waals surface area contributed by atoms with Crippen LogP contribution in [-0.4, -0.2) is 44.6 Å². The van der Waals surface area contributed by atoms with Crippen LogP contribution in [0.2, 0.25) is 0 Å². The lowest BCUT2D eigenvalue weighted by Gasteiger charge is -2.01. The van der Waals surface area contributed by atoms with E-state index in [1.807, 2.05) is 0 Å². The molecule has 0 saturated heterocycles. The maximum absolute atomic E-state index is 10.8. The van der Waals surface area contributed by atoms with Gasteiger partial charge in [-0.05, 0) is 36.4 Å². The van der Waals surface area contributed by atoms with Crippen LogP contribution in [0.4, 0.5) is 0 Å². The molecule has 0 heterocycles. The number of ether oxygens (including phenoxy) is 1. The molecule has 0 aliphatic heterocycles. The zero-order valence-electron chi connectivity index (χ0n) is 11.9. The van der Waals surface area contributed by atoms with Gasteiger partial charge in [0.25, 0.3) is 0 Å². The van der Waals surface area contributed by atoms with Gasteiger partial charge in [-0.2, -0.15) is 0 Å². The predicted molar refractivity (Wildman–Crippen MR) is 77.8 cm³/mol. The Labute approximate surface area is 130 Å². The number of carbonyl (C=O) groups excluding carboxylic acids is 1. The summed E-state index contributed by atoms with van der Waals surface area (Å²) in [6.07, 6.45) is 0. The molecule has 0 aliphatic carbocycles. The first-order valence-electron chi connectivity index (χ1n) is 6.11. The van der Waals surface area contributed by atoms with Crippen LogP contribution in [0.3, 0.4) is 0 Å². The van der Waals surface area contributed by atoms with Crippen LogP contribution >= 0.6 is 0 Å². The molecule has 23 heavy (non-hydrogen) atoms. The van der Waals surface area contributed by atoms with Crippen LogP contribution in [0.15, 0.2) is 36.4 Å². The summed E-state index contributed by atoms with van der Waals surface area (Å²) in [5.74, 6) is -3.59. The van der Waals surface area contributed by atoms with Crippen LogP contribution in [0, 0.1) is 0 Å². The van der Waals surface area contributed by atoms with Crippen molar-refractivity contribution in [2.75, 3.05) is 7.11 Å². The molecule has 0 unspecified atom stereocenters. The van der Waals surface area contributed by atoms with Gasteiger partial charge < -0.3 is 30.3 Å². The van der Waals surface area contributed by atoms with Crippen LogP contribution in [0.25, 0.3) is 0 Å². The van der Waals surface area contributed by atoms with Crippen molar-refractivity contribution in [3.63, 3.8) is 0 Å². The van der Waals surface area contributed by atoms with E-state index in [0.29, 0.717) is 5.56 Å². The number of esters is 1. The fourth-order valence-corrected chi connectivity index (χ4v) is 1.44. The van der Waals surface area contributed by atoms with Crippen molar-refractivity contribution in [3.8, 4) is 23.0 Å². The van der Waals surface area contributed by atoms with Gasteiger partial charge in [0.15, 0.2) is 17.2 Å². The summed E-state index contributed by atoms with van der Waals surface area (Å²) >= 11 is 0. The number of benzene rings is 2. The molecule has 5 N–H and O–H groups in total. The highest BCUT2D eigenvalue weighted by Crippen LogP contribution is 2.35. The summed E-state index contributed by atoms with van der Waals surface area (Å²) in [4.78, 5) is 21.1. The first kappa shape index (κ1) is 17.6. The third-order valence-electron chi connectivity index (χ3n) is 2.61. The zero-order chi connectivity index (χ0) is 17.6. The average molecular weight is 322 g/mol. The normalized spacial score (nSPS) is 9.43. The van der Waals surface area contributed by atoms with Crippen molar-refractivity contribution in [2.45, 2.75) is 0 Å². The Morgan fingerprint density at radius 3 is 1.74 bits per heavy atom. The molecule has 0 atom stereocenters. The number of aromatic hydroxyl groups is 4. The van der Waals surface area contributed by atoms with Crippen molar-refractivity contribution in [2.24, 2.45) is 0 Å². The topological polar surface area (TPSA) is 145 Å². The molecule has 0 bridgehead atoms. The molecule has 122 valence electrons. The Bertz CT molecular complexity index is 683. The Morgan fingerprint density at radius 1 is 0.870 bits per heavy atom. The Morgan fingerprint density at radius 2 is 1.35 bits per heavy atom. The summed E-state index contributed by atoms with van der Waals surface area (Å²) in [5.41, 5.74) is 0.146. The zero-order valence-corrected chi connectivity index (χ0v) is 11.9. The van der Waals surface area contributed by atoms with E-state index < -0.39 is 29.2 Å². The first-order valence-corrected chi connectivity index (χ1v) is 6.11. The van der Waals surface area contributed by atoms with Gasteiger partial charge in [0.05, 0.1) is 18.2 Å². The molecular weight excluding hydrogens is 308 g/mol. The number of methoxy groups -OCH3 is 1. The monoisotopic (exact) mass is 322 g/mol. The van der Waals surface area contributed by atoms with Crippen LogP contribution in [0.1, 0.15) is 20.7 Å². The Kier molecular flexibility index (Phi) is 5.79. The third kappa shape index (κ3) is 4.81. The van der Waals surface area contributed by atoms with E-state index >= 15 is 0 Å². The molecule has 2 aromatic rings. The molecular formula is C15H14O8. The number of aromatic carboxylic acids is 1. The number of phenols is 4. The minimum atomic E-state index is -1.29. The van der Waals surface area contributed by atoms with Crippen molar-refractivity contribution in [1.82, 2.24) is 0 Å². The second-order valence-corrected chi connectivity index (χ2v) is 4.21. The molecule has 0 fully saturated rings. The molecule has 0 saturated carbocycles. The number of carboxylic acids is 1. The molecule has 8 nitrogen and oxygen atoms in total. The number of carboxylic acid groups (broad SMARTS) is 1. The van der Waals surface area contributed by atoms with Gasteiger partial charge in [-0.15, -0.1) is 0 Å². The molecule has 2 aromatic carbocycles. The van der Waals surface area contributed by atoms with Gasteiger partial charge in [0.2, 0.25) is 0 Å². The van der Waals surface area contributed by atoms with Crippen LogP contribution < -0.4 is 0 Å². The van der Waals surface area contributed by atoms with Gasteiger partial charge in [-0.25, -0.2) is 9.59 Å². The lowest BCUT2D eigenvalue weighted by molar-refractivity contribution is 0.0599. The Hall–Kier alpha value is -3.42. The Balaban J connectivity index is 0.000000231. The van der Waals surface area contributed by atoms with Crippen molar-refractivity contribution in [1.29, 1.82) is 0 Å². The lowest BCUT2D eigenvalue weighted by atomic mass is 10.2. The summed E-state index contributed by atoms with van der Waals surface area (Å²) in [7, 11) is 1.31. The maximum Gasteiger partial charge on any atom is 0.337 e. The van der Waals surface area contributed by atoms with E-state index in [0.717, 1.165) is 12.1 Å². The second-order valence-electron chi connectivity index (χ2n) is 4.21. The average Bonchev–Trinajstić information content (AvgIpc) is 2.52. The number of carbonyl (C=O) groups is 2. The molecule has 0 spiro atoms. The van der Waals surface area contributed by atoms with E-state index in [1.54, 1.807) is 0 Å². The maximum atomic E-state index is 10.8. The highest BCUT2D eigenvalue weighted by molar-refractivity contribution is 5.89. The molecule has 0 aliphatic rings. The summed E-state index contributed by atoms with van der Waals surface area (Å²) in [6.45, 7) is 0. The minimum Gasteiger partial charge on any atom is -0.508 e. The molecule has 0 aromatic heterocycles. The number of rotatable bonds is 2. The minimum absolute atomic E-state index is 0.137. The van der Waals surface area contributed by atoms with Gasteiger partial charge in [0, 0.05) is 0 Å². The molecule has 8 heteroatoms. The van der Waals surface area contributed by atoms with Crippen molar-refractivity contribution in [3.05, 3.63) is 47.5 Å². The fraction of sp³-hybridized carbons (Fsp3) is 0.0667. The van der Waals surface area contributed by atoms with Crippen molar-refractivity contribution >= 4 is 11.9 Å². The van der Waals surface area contributed by atoms with E-state index in [1.165, 1.54) is 31.4 Å². The smallest absolute Gasteiger partial charge is 0.337 e. The summed E-state index contributed by atoms with van der Waals surface area (Å²) in [5, 5.41) is 43.8. The summed E-state index contributed by atoms with van der Waals surface area (Å²) < 4.78 is 4.46. The number of hydrogen-bond donors (Lipinski definition) is 5. The van der Waals surface area contributed by atoms with Crippen molar-refractivity contribution < 1.29 is 39.9 Å².